The van der Waals surface area contributed by atoms with Crippen LogP contribution in [0.4, 0.5) is 5.69 Å². The molecular formula is C17H19NO2. The van der Waals surface area contributed by atoms with Crippen LogP contribution in [0.25, 0.3) is 0 Å². The van der Waals surface area contributed by atoms with Gasteiger partial charge in [0.2, 0.25) is 5.91 Å². The van der Waals surface area contributed by atoms with Crippen LogP contribution in [-0.2, 0) is 11.2 Å². The molecule has 0 unspecified atom stereocenters. The van der Waals surface area contributed by atoms with Gasteiger partial charge in [-0.25, -0.2) is 0 Å². The van der Waals surface area contributed by atoms with Crippen LogP contribution < -0.4 is 10.1 Å². The SMILES string of the molecule is COc1cccc(CC(=O)Nc2cccc(C)c2C)c1. The molecule has 3 nitrogen and oxygen atoms in total. The maximum Gasteiger partial charge on any atom is 0.228 e. The molecular weight excluding hydrogens is 250 g/mol. The number of rotatable bonds is 4. The van der Waals surface area contributed by atoms with E-state index in [2.05, 4.69) is 5.32 Å². The zero-order chi connectivity index (χ0) is 14.5. The normalized spacial score (nSPS) is 10.2. The van der Waals surface area contributed by atoms with Crippen LogP contribution in [0.1, 0.15) is 16.7 Å². The summed E-state index contributed by atoms with van der Waals surface area (Å²) in [5, 5.41) is 2.96. The lowest BCUT2D eigenvalue weighted by atomic mass is 10.1. The quantitative estimate of drug-likeness (QED) is 0.922. The van der Waals surface area contributed by atoms with E-state index < -0.39 is 0 Å². The summed E-state index contributed by atoms with van der Waals surface area (Å²) in [4.78, 5) is 12.1. The third-order valence-corrected chi connectivity index (χ3v) is 3.38. The molecule has 0 heterocycles. The number of carbonyl (C=O) groups excluding carboxylic acids is 1. The molecule has 0 spiro atoms. The molecule has 0 aliphatic rings. The van der Waals surface area contributed by atoms with E-state index in [0.29, 0.717) is 6.42 Å². The lowest BCUT2D eigenvalue weighted by Crippen LogP contribution is -2.15. The molecule has 104 valence electrons. The lowest BCUT2D eigenvalue weighted by molar-refractivity contribution is -0.115. The van der Waals surface area contributed by atoms with Gasteiger partial charge in [-0.1, -0.05) is 24.3 Å². The van der Waals surface area contributed by atoms with Gasteiger partial charge in [0.15, 0.2) is 0 Å². The van der Waals surface area contributed by atoms with Crippen LogP contribution in [0, 0.1) is 13.8 Å². The third kappa shape index (κ3) is 3.38. The summed E-state index contributed by atoms with van der Waals surface area (Å²) in [6.07, 6.45) is 0.338. The molecule has 2 aromatic carbocycles. The van der Waals surface area contributed by atoms with E-state index in [0.717, 1.165) is 22.6 Å². The van der Waals surface area contributed by atoms with Crippen molar-refractivity contribution in [1.29, 1.82) is 0 Å². The van der Waals surface area contributed by atoms with E-state index in [9.17, 15) is 4.79 Å². The Morgan fingerprint density at radius 3 is 2.65 bits per heavy atom. The number of hydrogen-bond acceptors (Lipinski definition) is 2. The van der Waals surface area contributed by atoms with Crippen molar-refractivity contribution in [2.24, 2.45) is 0 Å². The van der Waals surface area contributed by atoms with E-state index in [1.807, 2.05) is 56.3 Å². The predicted molar refractivity (Wildman–Crippen MR) is 81.2 cm³/mol. The van der Waals surface area contributed by atoms with Crippen LogP contribution in [0.5, 0.6) is 5.75 Å². The molecule has 1 N–H and O–H groups in total. The second-order valence-corrected chi connectivity index (χ2v) is 4.82. The van der Waals surface area contributed by atoms with Crippen LogP contribution in [0.2, 0.25) is 0 Å². The molecule has 0 saturated heterocycles. The van der Waals surface area contributed by atoms with Gasteiger partial charge in [0.05, 0.1) is 13.5 Å². The van der Waals surface area contributed by atoms with Gasteiger partial charge in [0.1, 0.15) is 5.75 Å². The van der Waals surface area contributed by atoms with Gasteiger partial charge >= 0.3 is 0 Å². The number of aryl methyl sites for hydroxylation is 1. The Balaban J connectivity index is 2.07. The topological polar surface area (TPSA) is 38.3 Å². The first-order valence-corrected chi connectivity index (χ1v) is 6.59. The Hall–Kier alpha value is -2.29. The Kier molecular flexibility index (Phi) is 4.41. The number of carbonyl (C=O) groups is 1. The fraction of sp³-hybridized carbons (Fsp3) is 0.235. The third-order valence-electron chi connectivity index (χ3n) is 3.38. The Morgan fingerprint density at radius 2 is 1.90 bits per heavy atom. The van der Waals surface area contributed by atoms with E-state index in [1.54, 1.807) is 7.11 Å². The highest BCUT2D eigenvalue weighted by Gasteiger charge is 2.07. The Morgan fingerprint density at radius 1 is 1.15 bits per heavy atom. The fourth-order valence-electron chi connectivity index (χ4n) is 2.05. The lowest BCUT2D eigenvalue weighted by Gasteiger charge is -2.10. The predicted octanol–water partition coefficient (Wildman–Crippen LogP) is 3.49. The largest absolute Gasteiger partial charge is 0.497 e. The molecule has 2 rings (SSSR count). The van der Waals surface area contributed by atoms with E-state index in [1.165, 1.54) is 5.56 Å². The number of anilines is 1. The van der Waals surface area contributed by atoms with Gasteiger partial charge in [0, 0.05) is 5.69 Å². The molecule has 0 aliphatic carbocycles. The van der Waals surface area contributed by atoms with Crippen LogP contribution in [0.15, 0.2) is 42.5 Å². The Labute approximate surface area is 119 Å². The van der Waals surface area contributed by atoms with Crippen LogP contribution >= 0.6 is 0 Å². The van der Waals surface area contributed by atoms with E-state index >= 15 is 0 Å². The van der Waals surface area contributed by atoms with E-state index in [-0.39, 0.29) is 5.91 Å². The number of amides is 1. The molecule has 0 radical (unpaired) electrons. The maximum absolute atomic E-state index is 12.1. The summed E-state index contributed by atoms with van der Waals surface area (Å²) < 4.78 is 5.16. The van der Waals surface area contributed by atoms with Gasteiger partial charge in [0.25, 0.3) is 0 Å². The summed E-state index contributed by atoms with van der Waals surface area (Å²) >= 11 is 0. The van der Waals surface area contributed by atoms with Crippen molar-refractivity contribution in [2.45, 2.75) is 20.3 Å². The zero-order valence-electron chi connectivity index (χ0n) is 12.1. The first-order chi connectivity index (χ1) is 9.60. The highest BCUT2D eigenvalue weighted by Crippen LogP contribution is 2.19. The van der Waals surface area contributed by atoms with Crippen molar-refractivity contribution in [1.82, 2.24) is 0 Å². The summed E-state index contributed by atoms with van der Waals surface area (Å²) in [6.45, 7) is 4.05. The van der Waals surface area contributed by atoms with Gasteiger partial charge in [-0.05, 0) is 48.7 Å². The molecule has 0 saturated carbocycles. The average molecular weight is 269 g/mol. The molecule has 0 fully saturated rings. The minimum absolute atomic E-state index is 0.0213. The minimum atomic E-state index is -0.0213. The van der Waals surface area contributed by atoms with Crippen LogP contribution in [0.3, 0.4) is 0 Å². The number of benzene rings is 2. The Bertz CT molecular complexity index is 620. The smallest absolute Gasteiger partial charge is 0.228 e. The minimum Gasteiger partial charge on any atom is -0.497 e. The number of nitrogens with one attached hydrogen (secondary N) is 1. The molecule has 3 heteroatoms. The summed E-state index contributed by atoms with van der Waals surface area (Å²) in [7, 11) is 1.62. The standard InChI is InChI=1S/C17H19NO2/c1-12-6-4-9-16(13(12)2)18-17(19)11-14-7-5-8-15(10-14)20-3/h4-10H,11H2,1-3H3,(H,18,19). The highest BCUT2D eigenvalue weighted by atomic mass is 16.5. The summed E-state index contributed by atoms with van der Waals surface area (Å²) in [5.74, 6) is 0.744. The number of hydrogen-bond donors (Lipinski definition) is 1. The second kappa shape index (κ2) is 6.24. The van der Waals surface area contributed by atoms with Crippen molar-refractivity contribution in [3.8, 4) is 5.75 Å². The van der Waals surface area contributed by atoms with Gasteiger partial charge in [-0.2, -0.15) is 0 Å². The first kappa shape index (κ1) is 14.1. The van der Waals surface area contributed by atoms with Gasteiger partial charge < -0.3 is 10.1 Å². The zero-order valence-corrected chi connectivity index (χ0v) is 12.1. The average Bonchev–Trinajstić information content (AvgIpc) is 2.44. The second-order valence-electron chi connectivity index (χ2n) is 4.82. The molecule has 0 aromatic heterocycles. The number of methoxy groups -OCH3 is 1. The maximum atomic E-state index is 12.1. The molecule has 20 heavy (non-hydrogen) atoms. The van der Waals surface area contributed by atoms with Crippen molar-refractivity contribution >= 4 is 11.6 Å². The molecule has 2 aromatic rings. The summed E-state index contributed by atoms with van der Waals surface area (Å²) in [6, 6.07) is 13.5. The van der Waals surface area contributed by atoms with Crippen LogP contribution in [-0.4, -0.2) is 13.0 Å². The summed E-state index contributed by atoms with van der Waals surface area (Å²) in [5.41, 5.74) is 4.08. The van der Waals surface area contributed by atoms with Crippen molar-refractivity contribution in [3.05, 3.63) is 59.2 Å². The highest BCUT2D eigenvalue weighted by molar-refractivity contribution is 5.93. The fourth-order valence-corrected chi connectivity index (χ4v) is 2.05. The first-order valence-electron chi connectivity index (χ1n) is 6.59. The number of ether oxygens (including phenoxy) is 1. The molecule has 1 amide bonds. The van der Waals surface area contributed by atoms with Gasteiger partial charge in [-0.15, -0.1) is 0 Å². The molecule has 0 bridgehead atoms. The molecule has 0 aliphatic heterocycles. The van der Waals surface area contributed by atoms with Crippen molar-refractivity contribution in [3.63, 3.8) is 0 Å². The van der Waals surface area contributed by atoms with Crippen molar-refractivity contribution < 1.29 is 9.53 Å². The van der Waals surface area contributed by atoms with Crippen molar-refractivity contribution in [2.75, 3.05) is 12.4 Å². The monoisotopic (exact) mass is 269 g/mol. The molecule has 0 atom stereocenters. The van der Waals surface area contributed by atoms with E-state index in [4.69, 9.17) is 4.74 Å². The van der Waals surface area contributed by atoms with Gasteiger partial charge in [-0.3, -0.25) is 4.79 Å².